The number of hydrogen-bond acceptors (Lipinski definition) is 4. The van der Waals surface area contributed by atoms with Crippen LogP contribution in [0.3, 0.4) is 0 Å². The van der Waals surface area contributed by atoms with Crippen LogP contribution in [0.4, 0.5) is 0 Å². The highest BCUT2D eigenvalue weighted by Crippen LogP contribution is 2.03. The third kappa shape index (κ3) is 10.6. The fraction of sp³-hybridized carbons (Fsp3) is 0. The minimum absolute atomic E-state index is 0.322. The molecule has 0 aromatic heterocycles. The Hall–Kier alpha value is -1.93. The first-order valence-electron chi connectivity index (χ1n) is 5.20. The highest BCUT2D eigenvalue weighted by Gasteiger charge is 1.75. The van der Waals surface area contributed by atoms with Gasteiger partial charge in [-0.25, -0.2) is 0 Å². The van der Waals surface area contributed by atoms with Crippen molar-refractivity contribution in [3.05, 3.63) is 60.7 Å². The van der Waals surface area contributed by atoms with Crippen molar-refractivity contribution >= 4 is 20.0 Å². The SMILES string of the molecule is N=[SiH]O[SiH3].Oc1ccccc1.Oc1ccccc1. The quantitative estimate of drug-likeness (QED) is 0.686. The molecular weight excluding hydrogens is 262 g/mol. The highest BCUT2D eigenvalue weighted by molar-refractivity contribution is 6.21. The van der Waals surface area contributed by atoms with Crippen LogP contribution in [-0.2, 0) is 4.12 Å². The van der Waals surface area contributed by atoms with E-state index in [9.17, 15) is 0 Å². The average molecular weight is 279 g/mol. The van der Waals surface area contributed by atoms with Crippen LogP contribution in [0.15, 0.2) is 60.7 Å². The van der Waals surface area contributed by atoms with Crippen molar-refractivity contribution < 1.29 is 14.3 Å². The van der Waals surface area contributed by atoms with Crippen LogP contribution in [0.5, 0.6) is 11.5 Å². The maximum Gasteiger partial charge on any atom is 0.314 e. The Balaban J connectivity index is 0.000000253. The van der Waals surface area contributed by atoms with E-state index in [1.165, 1.54) is 0 Å². The summed E-state index contributed by atoms with van der Waals surface area (Å²) in [5.74, 6) is 0.644. The summed E-state index contributed by atoms with van der Waals surface area (Å²) >= 11 is 0. The maximum absolute atomic E-state index is 8.63. The zero-order valence-electron chi connectivity index (χ0n) is 10.2. The van der Waals surface area contributed by atoms with E-state index in [0.29, 0.717) is 11.5 Å². The minimum Gasteiger partial charge on any atom is -0.602 e. The van der Waals surface area contributed by atoms with Gasteiger partial charge in [-0.2, -0.15) is 0 Å². The minimum atomic E-state index is -0.406. The van der Waals surface area contributed by atoms with E-state index in [1.54, 1.807) is 48.5 Å². The van der Waals surface area contributed by atoms with Crippen molar-refractivity contribution in [2.45, 2.75) is 0 Å². The molecular formula is C12H17NO3Si2. The molecule has 2 rings (SSSR count). The van der Waals surface area contributed by atoms with Crippen molar-refractivity contribution in [1.29, 1.82) is 5.05 Å². The van der Waals surface area contributed by atoms with E-state index >= 15 is 0 Å². The molecule has 0 aliphatic heterocycles. The molecule has 0 fully saturated rings. The topological polar surface area (TPSA) is 73.5 Å². The van der Waals surface area contributed by atoms with Gasteiger partial charge in [-0.15, -0.1) is 0 Å². The van der Waals surface area contributed by atoms with E-state index in [0.717, 1.165) is 10.5 Å². The lowest BCUT2D eigenvalue weighted by Gasteiger charge is -1.82. The summed E-state index contributed by atoms with van der Waals surface area (Å²) in [5.41, 5.74) is 0. The van der Waals surface area contributed by atoms with Crippen molar-refractivity contribution in [2.75, 3.05) is 0 Å². The normalized spacial score (nSPS) is 8.00. The number of aromatic hydroxyl groups is 2. The van der Waals surface area contributed by atoms with Gasteiger partial charge in [0.25, 0.3) is 0 Å². The molecule has 0 unspecified atom stereocenters. The van der Waals surface area contributed by atoms with Crippen LogP contribution in [0, 0.1) is 5.05 Å². The second-order valence-electron chi connectivity index (χ2n) is 3.02. The molecule has 0 saturated heterocycles. The Morgan fingerprint density at radius 3 is 1.22 bits per heavy atom. The molecule has 2 aromatic rings. The zero-order chi connectivity index (χ0) is 13.6. The molecule has 0 bridgehead atoms. The molecule has 0 radical (unpaired) electrons. The van der Waals surface area contributed by atoms with E-state index in [2.05, 4.69) is 4.12 Å². The summed E-state index contributed by atoms with van der Waals surface area (Å²) in [6, 6.07) is 17.4. The zero-order valence-corrected chi connectivity index (χ0v) is 13.3. The van der Waals surface area contributed by atoms with E-state index in [4.69, 9.17) is 15.3 Å². The second-order valence-corrected chi connectivity index (χ2v) is 5.15. The van der Waals surface area contributed by atoms with E-state index < -0.39 is 9.56 Å². The molecule has 4 nitrogen and oxygen atoms in total. The third-order valence-electron chi connectivity index (χ3n) is 1.63. The maximum atomic E-state index is 8.63. The monoisotopic (exact) mass is 279 g/mol. The number of phenolic OH excluding ortho intramolecular Hbond substituents is 2. The van der Waals surface area contributed by atoms with E-state index in [-0.39, 0.29) is 0 Å². The molecule has 96 valence electrons. The fourth-order valence-electron chi connectivity index (χ4n) is 0.856. The highest BCUT2D eigenvalue weighted by atomic mass is 28.3. The summed E-state index contributed by atoms with van der Waals surface area (Å²) in [6.07, 6.45) is 0. The van der Waals surface area contributed by atoms with Crippen molar-refractivity contribution in [3.8, 4) is 11.5 Å². The van der Waals surface area contributed by atoms with Crippen LogP contribution in [0.1, 0.15) is 0 Å². The summed E-state index contributed by atoms with van der Waals surface area (Å²) in [6.45, 7) is 0. The molecule has 18 heavy (non-hydrogen) atoms. The number of nitrogens with one attached hydrogen (secondary N) is 1. The van der Waals surface area contributed by atoms with Gasteiger partial charge >= 0.3 is 9.56 Å². The Morgan fingerprint density at radius 1 is 0.833 bits per heavy atom. The smallest absolute Gasteiger partial charge is 0.314 e. The largest absolute Gasteiger partial charge is 0.602 e. The molecule has 0 aliphatic rings. The van der Waals surface area contributed by atoms with E-state index in [1.807, 2.05) is 12.1 Å². The second kappa shape index (κ2) is 11.6. The summed E-state index contributed by atoms with van der Waals surface area (Å²) < 4.78 is 4.43. The number of phenols is 2. The fourth-order valence-corrected chi connectivity index (χ4v) is 0.856. The average Bonchev–Trinajstić information content (AvgIpc) is 2.41. The molecule has 3 N–H and O–H groups in total. The first kappa shape index (κ1) is 16.1. The Labute approximate surface area is 112 Å². The van der Waals surface area contributed by atoms with Crippen LogP contribution < -0.4 is 0 Å². The molecule has 0 saturated carbocycles. The predicted molar refractivity (Wildman–Crippen MR) is 77.1 cm³/mol. The number of benzene rings is 2. The Morgan fingerprint density at radius 2 is 1.11 bits per heavy atom. The van der Waals surface area contributed by atoms with Crippen LogP contribution in [-0.4, -0.2) is 30.3 Å². The standard InChI is InChI=1S/2C6H6O.H5NOSi2/c2*7-6-4-2-1-3-5-6;1-4-2-3/h2*1-5,7H;1,4H,3H3. The summed E-state index contributed by atoms with van der Waals surface area (Å²) in [7, 11) is 0.333. The number of rotatable bonds is 1. The Kier molecular flexibility index (Phi) is 10.3. The summed E-state index contributed by atoms with van der Waals surface area (Å²) in [4.78, 5) is 0. The Bertz CT molecular complexity index is 375. The van der Waals surface area contributed by atoms with Crippen molar-refractivity contribution in [3.63, 3.8) is 0 Å². The van der Waals surface area contributed by atoms with Gasteiger partial charge in [-0.3, -0.25) is 0 Å². The van der Waals surface area contributed by atoms with Gasteiger partial charge in [0.15, 0.2) is 10.5 Å². The van der Waals surface area contributed by atoms with Crippen LogP contribution in [0.25, 0.3) is 0 Å². The third-order valence-corrected chi connectivity index (χ3v) is 2.57. The van der Waals surface area contributed by atoms with Crippen molar-refractivity contribution in [1.82, 2.24) is 0 Å². The van der Waals surface area contributed by atoms with Gasteiger partial charge in [0.2, 0.25) is 0 Å². The lowest BCUT2D eigenvalue weighted by molar-refractivity contribution is 0.475. The van der Waals surface area contributed by atoms with Crippen molar-refractivity contribution in [2.24, 2.45) is 0 Å². The van der Waals surface area contributed by atoms with Gasteiger partial charge < -0.3 is 19.4 Å². The van der Waals surface area contributed by atoms with Gasteiger partial charge in [0.05, 0.1) is 0 Å². The molecule has 6 heteroatoms. The first-order chi connectivity index (χ1) is 8.70. The van der Waals surface area contributed by atoms with Crippen LogP contribution >= 0.6 is 0 Å². The molecule has 2 aromatic carbocycles. The molecule has 0 aliphatic carbocycles. The predicted octanol–water partition coefficient (Wildman–Crippen LogP) is 1.18. The summed E-state index contributed by atoms with van der Waals surface area (Å²) in [5, 5.41) is 23.6. The molecule has 0 amide bonds. The number of hydrogen-bond donors (Lipinski definition) is 3. The molecule has 0 heterocycles. The van der Waals surface area contributed by atoms with Gasteiger partial charge in [0, 0.05) is 0 Å². The van der Waals surface area contributed by atoms with Crippen LogP contribution in [0.2, 0.25) is 0 Å². The van der Waals surface area contributed by atoms with Gasteiger partial charge in [0.1, 0.15) is 11.5 Å². The number of para-hydroxylation sites is 2. The van der Waals surface area contributed by atoms with Gasteiger partial charge in [-0.05, 0) is 24.3 Å². The molecule has 0 spiro atoms. The van der Waals surface area contributed by atoms with Gasteiger partial charge in [-0.1, -0.05) is 36.4 Å². The molecule has 0 atom stereocenters. The lowest BCUT2D eigenvalue weighted by atomic mass is 10.3. The lowest BCUT2D eigenvalue weighted by Crippen LogP contribution is -1.73. The first-order valence-corrected chi connectivity index (χ1v) is 7.07.